The van der Waals surface area contributed by atoms with Crippen LogP contribution in [0.5, 0.6) is 0 Å². The Morgan fingerprint density at radius 3 is 2.52 bits per heavy atom. The Bertz CT molecular complexity index is 1070. The Balaban J connectivity index is 2.05. The quantitative estimate of drug-likeness (QED) is 0.701. The fourth-order valence-electron chi connectivity index (χ4n) is 2.41. The number of hydrogen-bond donors (Lipinski definition) is 1. The fraction of sp³-hybridized carbons (Fsp3) is 0.118. The van der Waals surface area contributed by atoms with Gasteiger partial charge < -0.3 is 4.57 Å². The lowest BCUT2D eigenvalue weighted by atomic mass is 10.1. The molecule has 1 heterocycles. The predicted molar refractivity (Wildman–Crippen MR) is 94.9 cm³/mol. The molecule has 0 fully saturated rings. The maximum atomic E-state index is 13.5. The summed E-state index contributed by atoms with van der Waals surface area (Å²) in [6, 6.07) is 12.0. The summed E-state index contributed by atoms with van der Waals surface area (Å²) in [6.07, 6.45) is 0. The Hall–Kier alpha value is -2.29. The minimum absolute atomic E-state index is 0.179. The molecule has 2 aromatic carbocycles. The number of hydrogen-bond acceptors (Lipinski definition) is 4. The fourth-order valence-corrected chi connectivity index (χ4v) is 3.88. The Morgan fingerprint density at radius 2 is 1.92 bits per heavy atom. The third-order valence-corrected chi connectivity index (χ3v) is 5.33. The van der Waals surface area contributed by atoms with Crippen LogP contribution >= 0.6 is 11.3 Å². The van der Waals surface area contributed by atoms with Gasteiger partial charge in [-0.1, -0.05) is 12.1 Å². The van der Waals surface area contributed by atoms with Crippen molar-refractivity contribution < 1.29 is 17.4 Å². The standard InChI is InChI=1S/C17H15FN2O3S2/c1-2-20-16(12-4-3-5-13(18)10-12)11-24-17(20)19-14-6-8-15(9-7-14)25(21,22)23/h3-11H,2H2,1H3,(H,21,22,23). The highest BCUT2D eigenvalue weighted by molar-refractivity contribution is 7.85. The Morgan fingerprint density at radius 1 is 1.20 bits per heavy atom. The average molecular weight is 378 g/mol. The summed E-state index contributed by atoms with van der Waals surface area (Å²) in [5.41, 5.74) is 2.18. The van der Waals surface area contributed by atoms with Gasteiger partial charge in [-0.25, -0.2) is 9.38 Å². The molecule has 5 nitrogen and oxygen atoms in total. The van der Waals surface area contributed by atoms with Crippen molar-refractivity contribution >= 4 is 27.1 Å². The SMILES string of the molecule is CCn1c(-c2cccc(F)c2)csc1=Nc1ccc(S(=O)(=O)O)cc1. The van der Waals surface area contributed by atoms with Gasteiger partial charge in [-0.3, -0.25) is 4.55 Å². The summed E-state index contributed by atoms with van der Waals surface area (Å²) in [7, 11) is -4.22. The highest BCUT2D eigenvalue weighted by Crippen LogP contribution is 2.22. The third-order valence-electron chi connectivity index (χ3n) is 3.59. The molecule has 0 bridgehead atoms. The van der Waals surface area contributed by atoms with Crippen LogP contribution in [0.3, 0.4) is 0 Å². The Labute approximate surface area is 148 Å². The molecule has 25 heavy (non-hydrogen) atoms. The van der Waals surface area contributed by atoms with Gasteiger partial charge >= 0.3 is 0 Å². The van der Waals surface area contributed by atoms with E-state index in [1.165, 1.54) is 47.7 Å². The van der Waals surface area contributed by atoms with Gasteiger partial charge in [-0.05, 0) is 43.3 Å². The highest BCUT2D eigenvalue weighted by atomic mass is 32.2. The van der Waals surface area contributed by atoms with Gasteiger partial charge in [0.2, 0.25) is 0 Å². The second-order valence-electron chi connectivity index (χ2n) is 5.24. The maximum absolute atomic E-state index is 13.5. The number of rotatable bonds is 4. The van der Waals surface area contributed by atoms with E-state index in [0.29, 0.717) is 17.0 Å². The van der Waals surface area contributed by atoms with Gasteiger partial charge in [-0.2, -0.15) is 8.42 Å². The normalized spacial score (nSPS) is 12.5. The number of benzene rings is 2. The van der Waals surface area contributed by atoms with Gasteiger partial charge in [-0.15, -0.1) is 11.3 Å². The maximum Gasteiger partial charge on any atom is 0.294 e. The van der Waals surface area contributed by atoms with Gasteiger partial charge in [0, 0.05) is 17.5 Å². The zero-order valence-electron chi connectivity index (χ0n) is 13.3. The van der Waals surface area contributed by atoms with Crippen molar-refractivity contribution in [2.75, 3.05) is 0 Å². The van der Waals surface area contributed by atoms with E-state index in [1.54, 1.807) is 6.07 Å². The molecule has 0 aliphatic heterocycles. The summed E-state index contributed by atoms with van der Waals surface area (Å²) >= 11 is 1.41. The van der Waals surface area contributed by atoms with Crippen molar-refractivity contribution in [1.29, 1.82) is 0 Å². The first-order valence-corrected chi connectivity index (χ1v) is 9.77. The lowest BCUT2D eigenvalue weighted by molar-refractivity contribution is 0.483. The first kappa shape index (κ1) is 17.5. The molecule has 0 aliphatic rings. The van der Waals surface area contributed by atoms with Crippen LogP contribution in [0.4, 0.5) is 10.1 Å². The summed E-state index contributed by atoms with van der Waals surface area (Å²) < 4.78 is 46.6. The predicted octanol–water partition coefficient (Wildman–Crippen LogP) is 3.85. The Kier molecular flexibility index (Phi) is 4.85. The van der Waals surface area contributed by atoms with Gasteiger partial charge in [0.1, 0.15) is 5.82 Å². The van der Waals surface area contributed by atoms with Crippen LogP contribution in [0, 0.1) is 5.82 Å². The summed E-state index contributed by atoms with van der Waals surface area (Å²) in [5.74, 6) is -0.300. The topological polar surface area (TPSA) is 71.7 Å². The van der Waals surface area contributed by atoms with Crippen molar-refractivity contribution in [2.24, 2.45) is 4.99 Å². The van der Waals surface area contributed by atoms with E-state index in [1.807, 2.05) is 22.9 Å². The lowest BCUT2D eigenvalue weighted by Crippen LogP contribution is -2.14. The van der Waals surface area contributed by atoms with Crippen molar-refractivity contribution in [2.45, 2.75) is 18.4 Å². The summed E-state index contributed by atoms with van der Waals surface area (Å²) in [6.45, 7) is 2.62. The van der Waals surface area contributed by atoms with Crippen LogP contribution in [0.1, 0.15) is 6.92 Å². The second kappa shape index (κ2) is 6.91. The third kappa shape index (κ3) is 3.87. The number of thiazole rings is 1. The van der Waals surface area contributed by atoms with Crippen LogP contribution < -0.4 is 4.80 Å². The molecule has 0 atom stereocenters. The van der Waals surface area contributed by atoms with Crippen molar-refractivity contribution in [3.8, 4) is 11.3 Å². The smallest absolute Gasteiger partial charge is 0.294 e. The molecule has 8 heteroatoms. The minimum atomic E-state index is -4.22. The van der Waals surface area contributed by atoms with E-state index >= 15 is 0 Å². The van der Waals surface area contributed by atoms with E-state index in [9.17, 15) is 12.8 Å². The summed E-state index contributed by atoms with van der Waals surface area (Å²) in [5, 5.41) is 1.91. The molecule has 3 aromatic rings. The molecule has 0 aliphatic carbocycles. The zero-order chi connectivity index (χ0) is 18.0. The van der Waals surface area contributed by atoms with Crippen LogP contribution in [-0.2, 0) is 16.7 Å². The highest BCUT2D eigenvalue weighted by Gasteiger charge is 2.10. The molecule has 130 valence electrons. The molecule has 0 amide bonds. The number of halogens is 1. The molecular weight excluding hydrogens is 363 g/mol. The van der Waals surface area contributed by atoms with E-state index in [2.05, 4.69) is 4.99 Å². The van der Waals surface area contributed by atoms with Crippen LogP contribution in [0.2, 0.25) is 0 Å². The van der Waals surface area contributed by atoms with Crippen molar-refractivity contribution in [1.82, 2.24) is 4.57 Å². The van der Waals surface area contributed by atoms with E-state index in [4.69, 9.17) is 4.55 Å². The first-order chi connectivity index (χ1) is 11.9. The second-order valence-corrected chi connectivity index (χ2v) is 7.50. The van der Waals surface area contributed by atoms with Crippen LogP contribution in [0.25, 0.3) is 11.3 Å². The van der Waals surface area contributed by atoms with Gasteiger partial charge in [0.05, 0.1) is 16.3 Å². The minimum Gasteiger partial charge on any atom is -0.317 e. The monoisotopic (exact) mass is 378 g/mol. The van der Waals surface area contributed by atoms with Crippen LogP contribution in [0.15, 0.2) is 63.8 Å². The molecule has 0 saturated heterocycles. The van der Waals surface area contributed by atoms with Crippen molar-refractivity contribution in [3.05, 3.63) is 64.5 Å². The molecule has 3 rings (SSSR count). The largest absolute Gasteiger partial charge is 0.317 e. The van der Waals surface area contributed by atoms with Crippen LogP contribution in [-0.4, -0.2) is 17.5 Å². The van der Waals surface area contributed by atoms with Crippen molar-refractivity contribution in [3.63, 3.8) is 0 Å². The molecule has 0 unspecified atom stereocenters. The average Bonchev–Trinajstić information content (AvgIpc) is 2.97. The zero-order valence-corrected chi connectivity index (χ0v) is 14.9. The molecule has 0 saturated carbocycles. The summed E-state index contributed by atoms with van der Waals surface area (Å²) in [4.78, 5) is 5.05. The lowest BCUT2D eigenvalue weighted by Gasteiger charge is -2.06. The molecule has 1 N–H and O–H groups in total. The number of aromatic nitrogens is 1. The van der Waals surface area contributed by atoms with E-state index in [-0.39, 0.29) is 10.7 Å². The van der Waals surface area contributed by atoms with E-state index in [0.717, 1.165) is 11.3 Å². The molecular formula is C17H15FN2O3S2. The molecule has 0 radical (unpaired) electrons. The molecule has 0 spiro atoms. The van der Waals surface area contributed by atoms with E-state index < -0.39 is 10.1 Å². The van der Waals surface area contributed by atoms with Gasteiger partial charge in [0.15, 0.2) is 4.80 Å². The molecule has 1 aromatic heterocycles. The first-order valence-electron chi connectivity index (χ1n) is 7.45. The van der Waals surface area contributed by atoms with Gasteiger partial charge in [0.25, 0.3) is 10.1 Å². The number of nitrogens with zero attached hydrogens (tertiary/aromatic N) is 2.